The highest BCUT2D eigenvalue weighted by molar-refractivity contribution is 5.78. The minimum Gasteiger partial charge on any atom is -0.380 e. The highest BCUT2D eigenvalue weighted by Gasteiger charge is 2.22. The third-order valence-corrected chi connectivity index (χ3v) is 5.25. The lowest BCUT2D eigenvalue weighted by Crippen LogP contribution is -2.38. The number of ether oxygens (including phenoxy) is 1. The van der Waals surface area contributed by atoms with Gasteiger partial charge in [-0.1, -0.05) is 6.42 Å². The van der Waals surface area contributed by atoms with Crippen LogP contribution in [0.2, 0.25) is 0 Å². The van der Waals surface area contributed by atoms with Crippen LogP contribution in [0.5, 0.6) is 0 Å². The van der Waals surface area contributed by atoms with E-state index in [1.54, 1.807) is 0 Å². The van der Waals surface area contributed by atoms with E-state index >= 15 is 0 Å². The molecule has 0 spiro atoms. The van der Waals surface area contributed by atoms with Crippen molar-refractivity contribution in [3.8, 4) is 0 Å². The van der Waals surface area contributed by atoms with E-state index in [0.29, 0.717) is 11.7 Å². The van der Waals surface area contributed by atoms with Gasteiger partial charge in [0.15, 0.2) is 0 Å². The number of carbonyl (C=O) groups is 1. The first kappa shape index (κ1) is 18.9. The number of ketones is 1. The van der Waals surface area contributed by atoms with Crippen molar-refractivity contribution in [3.05, 3.63) is 0 Å². The summed E-state index contributed by atoms with van der Waals surface area (Å²) in [5.41, 5.74) is 0. The van der Waals surface area contributed by atoms with E-state index in [1.807, 2.05) is 6.92 Å². The molecular weight excluding hydrogens is 288 g/mol. The van der Waals surface area contributed by atoms with Crippen LogP contribution in [0.15, 0.2) is 0 Å². The number of rotatable bonds is 10. The van der Waals surface area contributed by atoms with Crippen molar-refractivity contribution in [1.82, 2.24) is 9.80 Å². The van der Waals surface area contributed by atoms with E-state index in [9.17, 15) is 4.79 Å². The molecule has 0 aromatic carbocycles. The van der Waals surface area contributed by atoms with Crippen LogP contribution in [0.25, 0.3) is 0 Å². The normalized spacial score (nSPS) is 24.0. The predicted octanol–water partition coefficient (Wildman–Crippen LogP) is 2.96. The largest absolute Gasteiger partial charge is 0.380 e. The van der Waals surface area contributed by atoms with Gasteiger partial charge in [-0.3, -0.25) is 4.79 Å². The van der Waals surface area contributed by atoms with E-state index in [1.165, 1.54) is 51.7 Å². The smallest absolute Gasteiger partial charge is 0.133 e. The molecule has 1 unspecified atom stereocenters. The van der Waals surface area contributed by atoms with Crippen LogP contribution < -0.4 is 0 Å². The van der Waals surface area contributed by atoms with Crippen molar-refractivity contribution in [2.45, 2.75) is 58.3 Å². The third kappa shape index (κ3) is 7.77. The number of likely N-dealkylation sites (tertiary alicyclic amines) is 2. The number of hydrogen-bond donors (Lipinski definition) is 0. The fraction of sp³-hybridized carbons (Fsp3) is 0.947. The Kier molecular flexibility index (Phi) is 9.17. The van der Waals surface area contributed by atoms with E-state index < -0.39 is 0 Å². The standard InChI is InChI=1S/C19H36N2O2/c1-2-23-15-14-21-13-6-8-18(17-21)16-19(22)9-7-12-20-10-4-3-5-11-20/h18H,2-17H2,1H3. The summed E-state index contributed by atoms with van der Waals surface area (Å²) in [6, 6.07) is 0. The maximum atomic E-state index is 12.3. The molecule has 4 heteroatoms. The molecule has 2 heterocycles. The molecule has 2 rings (SSSR count). The highest BCUT2D eigenvalue weighted by atomic mass is 16.5. The maximum absolute atomic E-state index is 12.3. The second-order valence-electron chi connectivity index (χ2n) is 7.25. The lowest BCUT2D eigenvalue weighted by atomic mass is 9.91. The molecule has 2 aliphatic heterocycles. The summed E-state index contributed by atoms with van der Waals surface area (Å²) in [6.07, 6.45) is 9.16. The second kappa shape index (κ2) is 11.2. The number of carbonyl (C=O) groups excluding carboxylic acids is 1. The molecule has 0 bridgehead atoms. The molecule has 134 valence electrons. The van der Waals surface area contributed by atoms with Crippen molar-refractivity contribution in [1.29, 1.82) is 0 Å². The van der Waals surface area contributed by atoms with Crippen LogP contribution in [0.1, 0.15) is 58.3 Å². The van der Waals surface area contributed by atoms with Crippen molar-refractivity contribution in [2.75, 3.05) is 52.5 Å². The summed E-state index contributed by atoms with van der Waals surface area (Å²) in [5.74, 6) is 1.06. The molecule has 1 atom stereocenters. The van der Waals surface area contributed by atoms with Gasteiger partial charge in [0.1, 0.15) is 5.78 Å². The van der Waals surface area contributed by atoms with Gasteiger partial charge in [-0.25, -0.2) is 0 Å². The summed E-state index contributed by atoms with van der Waals surface area (Å²) >= 11 is 0. The molecule has 0 amide bonds. The Balaban J connectivity index is 1.56. The predicted molar refractivity (Wildman–Crippen MR) is 94.8 cm³/mol. The first-order valence-corrected chi connectivity index (χ1v) is 9.82. The minimum absolute atomic E-state index is 0.485. The van der Waals surface area contributed by atoms with Crippen LogP contribution in [0, 0.1) is 5.92 Å². The van der Waals surface area contributed by atoms with Crippen molar-refractivity contribution >= 4 is 5.78 Å². The van der Waals surface area contributed by atoms with E-state index in [4.69, 9.17) is 4.74 Å². The van der Waals surface area contributed by atoms with Crippen molar-refractivity contribution in [2.24, 2.45) is 5.92 Å². The van der Waals surface area contributed by atoms with Gasteiger partial charge >= 0.3 is 0 Å². The molecule has 0 saturated carbocycles. The van der Waals surface area contributed by atoms with Gasteiger partial charge in [0.2, 0.25) is 0 Å². The van der Waals surface area contributed by atoms with Gasteiger partial charge < -0.3 is 14.5 Å². The summed E-state index contributed by atoms with van der Waals surface area (Å²) in [5, 5.41) is 0. The van der Waals surface area contributed by atoms with Gasteiger partial charge in [-0.05, 0) is 71.1 Å². The van der Waals surface area contributed by atoms with Gasteiger partial charge in [0.25, 0.3) is 0 Å². The summed E-state index contributed by atoms with van der Waals surface area (Å²) in [4.78, 5) is 17.3. The molecule has 0 N–H and O–H groups in total. The van der Waals surface area contributed by atoms with E-state index in [0.717, 1.165) is 52.1 Å². The van der Waals surface area contributed by atoms with E-state index in [2.05, 4.69) is 9.80 Å². The minimum atomic E-state index is 0.485. The first-order chi connectivity index (χ1) is 11.3. The number of Topliss-reactive ketones (excluding diaryl/α,β-unsaturated/α-hetero) is 1. The van der Waals surface area contributed by atoms with Crippen LogP contribution in [0.3, 0.4) is 0 Å². The quantitative estimate of drug-likeness (QED) is 0.578. The van der Waals surface area contributed by atoms with Crippen molar-refractivity contribution in [3.63, 3.8) is 0 Å². The summed E-state index contributed by atoms with van der Waals surface area (Å²) in [7, 11) is 0. The van der Waals surface area contributed by atoms with Crippen LogP contribution >= 0.6 is 0 Å². The van der Waals surface area contributed by atoms with Gasteiger partial charge in [0, 0.05) is 32.5 Å². The molecule has 0 aliphatic carbocycles. The Labute approximate surface area is 142 Å². The van der Waals surface area contributed by atoms with Gasteiger partial charge in [-0.15, -0.1) is 0 Å². The van der Waals surface area contributed by atoms with Crippen molar-refractivity contribution < 1.29 is 9.53 Å². The Morgan fingerprint density at radius 3 is 2.61 bits per heavy atom. The zero-order valence-corrected chi connectivity index (χ0v) is 15.1. The molecule has 0 aromatic heterocycles. The average Bonchev–Trinajstić information content (AvgIpc) is 2.56. The lowest BCUT2D eigenvalue weighted by Gasteiger charge is -2.32. The average molecular weight is 325 g/mol. The zero-order chi connectivity index (χ0) is 16.3. The summed E-state index contributed by atoms with van der Waals surface area (Å²) < 4.78 is 5.45. The molecule has 0 radical (unpaired) electrons. The molecule has 2 fully saturated rings. The van der Waals surface area contributed by atoms with Crippen LogP contribution in [-0.2, 0) is 9.53 Å². The molecule has 0 aromatic rings. The Morgan fingerprint density at radius 1 is 1.04 bits per heavy atom. The van der Waals surface area contributed by atoms with E-state index in [-0.39, 0.29) is 0 Å². The van der Waals surface area contributed by atoms with Crippen LogP contribution in [-0.4, -0.2) is 68.1 Å². The number of piperidine rings is 2. The monoisotopic (exact) mass is 324 g/mol. The zero-order valence-electron chi connectivity index (χ0n) is 15.1. The Bertz CT molecular complexity index is 329. The molecule has 2 aliphatic rings. The Morgan fingerprint density at radius 2 is 1.83 bits per heavy atom. The second-order valence-corrected chi connectivity index (χ2v) is 7.25. The first-order valence-electron chi connectivity index (χ1n) is 9.82. The third-order valence-electron chi connectivity index (χ3n) is 5.25. The summed E-state index contributed by atoms with van der Waals surface area (Å²) in [6.45, 7) is 10.6. The fourth-order valence-corrected chi connectivity index (χ4v) is 3.97. The lowest BCUT2D eigenvalue weighted by molar-refractivity contribution is -0.120. The highest BCUT2D eigenvalue weighted by Crippen LogP contribution is 2.20. The van der Waals surface area contributed by atoms with Crippen LogP contribution in [0.4, 0.5) is 0 Å². The molecule has 23 heavy (non-hydrogen) atoms. The molecular formula is C19H36N2O2. The Hall–Kier alpha value is -0.450. The molecule has 4 nitrogen and oxygen atoms in total. The fourth-order valence-electron chi connectivity index (χ4n) is 3.97. The number of nitrogens with zero attached hydrogens (tertiary/aromatic N) is 2. The van der Waals surface area contributed by atoms with Gasteiger partial charge in [0.05, 0.1) is 6.61 Å². The number of hydrogen-bond acceptors (Lipinski definition) is 4. The molecule has 2 saturated heterocycles. The maximum Gasteiger partial charge on any atom is 0.133 e. The topological polar surface area (TPSA) is 32.8 Å². The van der Waals surface area contributed by atoms with Gasteiger partial charge in [-0.2, -0.15) is 0 Å². The SMILES string of the molecule is CCOCCN1CCCC(CC(=O)CCCN2CCCCC2)C1.